The standard InChI is InChI=1S/C29H33N7O6/c1-6-7-13-35-22-24(32-26(35)34-12-8-9-19(16-34)31-27(38)42-29(2,3)4)33(5)28(39)36(25(22)37)15-18-10-11-21-23(20(18)14-30)41-17-40-21/h10-11,19H,8-9,12-13,15-17H2,1-5H3,(H,31,38)/t19-/m1/s1. The Balaban J connectivity index is 1.56. The van der Waals surface area contributed by atoms with Gasteiger partial charge in [-0.25, -0.2) is 9.59 Å². The number of piperidine rings is 1. The molecule has 0 bridgehead atoms. The molecule has 1 fully saturated rings. The van der Waals surface area contributed by atoms with Crippen molar-refractivity contribution in [3.63, 3.8) is 0 Å². The number of aryl methyl sites for hydroxylation is 1. The molecule has 1 atom stereocenters. The molecule has 220 valence electrons. The molecule has 13 heteroatoms. The SMILES string of the molecule is CC#CCn1c(N2CCC[C@@H](NC(=O)OC(C)(C)C)C2)nc2c1c(=O)n(Cc1ccc3c(c1C#N)OCO3)c(=O)n2C. The number of carbonyl (C=O) groups excluding carboxylic acids is 1. The molecule has 1 saturated heterocycles. The fraction of sp³-hybridized carbons (Fsp3) is 0.483. The van der Waals surface area contributed by atoms with Gasteiger partial charge in [0, 0.05) is 26.2 Å². The topological polar surface area (TPSA) is 146 Å². The number of benzene rings is 1. The molecule has 0 unspecified atom stereocenters. The summed E-state index contributed by atoms with van der Waals surface area (Å²) >= 11 is 0. The monoisotopic (exact) mass is 575 g/mol. The van der Waals surface area contributed by atoms with Crippen LogP contribution < -0.4 is 30.9 Å². The lowest BCUT2D eigenvalue weighted by molar-refractivity contribution is 0.0499. The van der Waals surface area contributed by atoms with Crippen LogP contribution in [0.3, 0.4) is 0 Å². The second-order valence-corrected chi connectivity index (χ2v) is 11.2. The van der Waals surface area contributed by atoms with Gasteiger partial charge in [-0.1, -0.05) is 12.0 Å². The second-order valence-electron chi connectivity index (χ2n) is 11.2. The average molecular weight is 576 g/mol. The van der Waals surface area contributed by atoms with Crippen molar-refractivity contribution in [1.29, 1.82) is 5.26 Å². The largest absolute Gasteiger partial charge is 0.454 e. The van der Waals surface area contributed by atoms with Crippen LogP contribution in [0.2, 0.25) is 0 Å². The summed E-state index contributed by atoms with van der Waals surface area (Å²) < 4.78 is 20.4. The van der Waals surface area contributed by atoms with Crippen LogP contribution in [0.4, 0.5) is 10.7 Å². The summed E-state index contributed by atoms with van der Waals surface area (Å²) in [5.41, 5.74) is -0.639. The maximum atomic E-state index is 14.0. The van der Waals surface area contributed by atoms with Crippen molar-refractivity contribution in [1.82, 2.24) is 24.0 Å². The summed E-state index contributed by atoms with van der Waals surface area (Å²) in [7, 11) is 1.56. The van der Waals surface area contributed by atoms with E-state index in [1.807, 2.05) is 25.7 Å². The van der Waals surface area contributed by atoms with Gasteiger partial charge in [0.25, 0.3) is 5.56 Å². The van der Waals surface area contributed by atoms with Crippen LogP contribution in [-0.4, -0.2) is 56.3 Å². The van der Waals surface area contributed by atoms with Gasteiger partial charge in [0.05, 0.1) is 13.1 Å². The Morgan fingerprint density at radius 1 is 1.24 bits per heavy atom. The van der Waals surface area contributed by atoms with E-state index in [2.05, 4.69) is 23.2 Å². The second kappa shape index (κ2) is 11.2. The minimum absolute atomic E-state index is 0.00772. The van der Waals surface area contributed by atoms with Crippen LogP contribution in [0.5, 0.6) is 11.5 Å². The lowest BCUT2D eigenvalue weighted by Gasteiger charge is -2.34. The molecule has 2 aliphatic rings. The lowest BCUT2D eigenvalue weighted by Crippen LogP contribution is -2.49. The highest BCUT2D eigenvalue weighted by Crippen LogP contribution is 2.37. The van der Waals surface area contributed by atoms with Crippen LogP contribution in [0.1, 0.15) is 51.7 Å². The molecule has 0 radical (unpaired) electrons. The van der Waals surface area contributed by atoms with Crippen LogP contribution in [-0.2, 0) is 24.9 Å². The summed E-state index contributed by atoms with van der Waals surface area (Å²) in [6.07, 6.45) is 1.03. The van der Waals surface area contributed by atoms with Gasteiger partial charge in [0.2, 0.25) is 12.7 Å². The minimum Gasteiger partial charge on any atom is -0.454 e. The zero-order chi connectivity index (χ0) is 30.2. The van der Waals surface area contributed by atoms with Gasteiger partial charge in [-0.3, -0.25) is 18.5 Å². The molecule has 1 aromatic carbocycles. The Morgan fingerprint density at radius 2 is 2.02 bits per heavy atom. The van der Waals surface area contributed by atoms with Crippen molar-refractivity contribution in [2.45, 2.75) is 65.3 Å². The molecule has 3 aromatic rings. The minimum atomic E-state index is -0.621. The number of aromatic nitrogens is 4. The van der Waals surface area contributed by atoms with E-state index in [9.17, 15) is 19.6 Å². The molecule has 0 spiro atoms. The van der Waals surface area contributed by atoms with Crippen LogP contribution >= 0.6 is 0 Å². The molecule has 2 aromatic heterocycles. The number of imidazole rings is 1. The van der Waals surface area contributed by atoms with Gasteiger partial charge >= 0.3 is 11.8 Å². The molecular formula is C29H33N7O6. The summed E-state index contributed by atoms with van der Waals surface area (Å²) in [6, 6.07) is 5.22. The number of nitrogens with one attached hydrogen (secondary N) is 1. The third-order valence-corrected chi connectivity index (χ3v) is 7.12. The molecule has 0 aliphatic carbocycles. The van der Waals surface area contributed by atoms with Crippen molar-refractivity contribution in [3.8, 4) is 29.4 Å². The Labute approximate surface area is 242 Å². The fourth-order valence-corrected chi connectivity index (χ4v) is 5.24. The van der Waals surface area contributed by atoms with E-state index in [1.54, 1.807) is 30.7 Å². The normalized spacial score (nSPS) is 16.1. The van der Waals surface area contributed by atoms with Crippen LogP contribution in [0, 0.1) is 23.2 Å². The Morgan fingerprint density at radius 3 is 2.74 bits per heavy atom. The molecule has 1 amide bonds. The smallest absolute Gasteiger partial charge is 0.407 e. The van der Waals surface area contributed by atoms with Crippen LogP contribution in [0.15, 0.2) is 21.7 Å². The highest BCUT2D eigenvalue weighted by molar-refractivity contribution is 5.75. The number of rotatable bonds is 5. The zero-order valence-electron chi connectivity index (χ0n) is 24.3. The first-order valence-corrected chi connectivity index (χ1v) is 13.7. The molecule has 42 heavy (non-hydrogen) atoms. The summed E-state index contributed by atoms with van der Waals surface area (Å²) in [5.74, 6) is 7.10. The van der Waals surface area contributed by atoms with E-state index in [0.29, 0.717) is 36.1 Å². The Kier molecular flexibility index (Phi) is 7.61. The molecular weight excluding hydrogens is 542 g/mol. The van der Waals surface area contributed by atoms with E-state index in [4.69, 9.17) is 19.2 Å². The summed E-state index contributed by atoms with van der Waals surface area (Å²) in [6.45, 7) is 8.22. The number of amides is 1. The van der Waals surface area contributed by atoms with Gasteiger partial charge in [-0.2, -0.15) is 10.2 Å². The van der Waals surface area contributed by atoms with Crippen molar-refractivity contribution in [3.05, 3.63) is 44.1 Å². The third-order valence-electron chi connectivity index (χ3n) is 7.12. The number of hydrogen-bond acceptors (Lipinski definition) is 9. The first kappa shape index (κ1) is 28.6. The van der Waals surface area contributed by atoms with Gasteiger partial charge < -0.3 is 24.4 Å². The summed E-state index contributed by atoms with van der Waals surface area (Å²) in [5, 5.41) is 12.8. The van der Waals surface area contributed by atoms with Crippen molar-refractivity contribution in [2.24, 2.45) is 7.05 Å². The zero-order valence-corrected chi connectivity index (χ0v) is 24.3. The highest BCUT2D eigenvalue weighted by atomic mass is 16.7. The molecule has 5 rings (SSSR count). The van der Waals surface area contributed by atoms with Gasteiger partial charge in [-0.15, -0.1) is 5.92 Å². The number of hydrogen-bond donors (Lipinski definition) is 1. The van der Waals surface area contributed by atoms with Gasteiger partial charge in [0.1, 0.15) is 17.2 Å². The number of nitriles is 1. The van der Waals surface area contributed by atoms with E-state index in [-0.39, 0.29) is 42.7 Å². The Hall–Kier alpha value is -4.91. The summed E-state index contributed by atoms with van der Waals surface area (Å²) in [4.78, 5) is 46.6. The third kappa shape index (κ3) is 5.38. The maximum absolute atomic E-state index is 14.0. The number of anilines is 1. The number of fused-ring (bicyclic) bond motifs is 2. The Bertz CT molecular complexity index is 1780. The van der Waals surface area contributed by atoms with Crippen molar-refractivity contribution < 1.29 is 19.0 Å². The van der Waals surface area contributed by atoms with Gasteiger partial charge in [0.15, 0.2) is 22.7 Å². The number of alkyl carbamates (subject to hydrolysis) is 1. The van der Waals surface area contributed by atoms with Gasteiger partial charge in [-0.05, 0) is 52.2 Å². The quantitative estimate of drug-likeness (QED) is 0.452. The van der Waals surface area contributed by atoms with E-state index < -0.39 is 22.9 Å². The number of nitrogens with zero attached hydrogens (tertiary/aromatic N) is 6. The maximum Gasteiger partial charge on any atom is 0.407 e. The highest BCUT2D eigenvalue weighted by Gasteiger charge is 2.29. The molecule has 0 saturated carbocycles. The van der Waals surface area contributed by atoms with E-state index in [1.165, 1.54) is 4.57 Å². The average Bonchev–Trinajstić information content (AvgIpc) is 3.57. The first-order valence-electron chi connectivity index (χ1n) is 13.7. The molecule has 2 aliphatic heterocycles. The van der Waals surface area contributed by atoms with Crippen molar-refractivity contribution >= 4 is 23.2 Å². The number of carbonyl (C=O) groups is 1. The first-order chi connectivity index (χ1) is 20.0. The molecule has 13 nitrogen and oxygen atoms in total. The van der Waals surface area contributed by atoms with Crippen LogP contribution in [0.25, 0.3) is 11.2 Å². The fourth-order valence-electron chi connectivity index (χ4n) is 5.24. The van der Waals surface area contributed by atoms with E-state index in [0.717, 1.165) is 17.4 Å². The van der Waals surface area contributed by atoms with Crippen molar-refractivity contribution in [2.75, 3.05) is 24.8 Å². The number of ether oxygens (including phenoxy) is 3. The molecule has 4 heterocycles. The van der Waals surface area contributed by atoms with E-state index >= 15 is 0 Å². The molecule has 1 N–H and O–H groups in total. The predicted octanol–water partition coefficient (Wildman–Crippen LogP) is 2.06. The lowest BCUT2D eigenvalue weighted by atomic mass is 10.1. The predicted molar refractivity (Wildman–Crippen MR) is 154 cm³/mol.